The van der Waals surface area contributed by atoms with Gasteiger partial charge in [-0.25, -0.2) is 0 Å². The molecule has 0 aliphatic carbocycles. The zero-order valence-corrected chi connectivity index (χ0v) is 10.0. The van der Waals surface area contributed by atoms with Crippen LogP contribution in [0, 0.1) is 13.8 Å². The van der Waals surface area contributed by atoms with Gasteiger partial charge in [-0.15, -0.1) is 0 Å². The number of nitrogen functional groups attached to an aromatic ring is 2. The molecular formula is C14H16N2O. The third-order valence-corrected chi connectivity index (χ3v) is 2.74. The van der Waals surface area contributed by atoms with E-state index in [1.165, 1.54) is 11.1 Å². The predicted molar refractivity (Wildman–Crippen MR) is 71.3 cm³/mol. The topological polar surface area (TPSA) is 61.3 Å². The third-order valence-electron chi connectivity index (χ3n) is 2.74. The Kier molecular flexibility index (Phi) is 2.91. The van der Waals surface area contributed by atoms with Crippen LogP contribution in [0.4, 0.5) is 11.4 Å². The van der Waals surface area contributed by atoms with Crippen molar-refractivity contribution in [3.05, 3.63) is 47.5 Å². The number of benzene rings is 2. The minimum atomic E-state index is 0.545. The lowest BCUT2D eigenvalue weighted by Gasteiger charge is -2.10. The van der Waals surface area contributed by atoms with Crippen LogP contribution in [0.2, 0.25) is 0 Å². The van der Waals surface area contributed by atoms with Gasteiger partial charge in [-0.3, -0.25) is 0 Å². The second kappa shape index (κ2) is 4.37. The van der Waals surface area contributed by atoms with E-state index < -0.39 is 0 Å². The molecule has 0 bridgehead atoms. The van der Waals surface area contributed by atoms with Gasteiger partial charge in [-0.1, -0.05) is 6.07 Å². The lowest BCUT2D eigenvalue weighted by molar-refractivity contribution is 0.484. The molecule has 0 aliphatic rings. The van der Waals surface area contributed by atoms with E-state index in [4.69, 9.17) is 16.2 Å². The number of rotatable bonds is 2. The molecule has 3 nitrogen and oxygen atoms in total. The summed E-state index contributed by atoms with van der Waals surface area (Å²) < 4.78 is 5.72. The summed E-state index contributed by atoms with van der Waals surface area (Å²) in [6.45, 7) is 4.12. The van der Waals surface area contributed by atoms with E-state index in [0.29, 0.717) is 17.1 Å². The van der Waals surface area contributed by atoms with Gasteiger partial charge in [0.25, 0.3) is 0 Å². The van der Waals surface area contributed by atoms with Gasteiger partial charge in [0, 0.05) is 5.69 Å². The number of hydrogen-bond donors (Lipinski definition) is 2. The molecular weight excluding hydrogens is 212 g/mol. The molecule has 2 aromatic rings. The molecule has 0 atom stereocenters. The van der Waals surface area contributed by atoms with Crippen molar-refractivity contribution in [3.8, 4) is 11.5 Å². The van der Waals surface area contributed by atoms with E-state index in [2.05, 4.69) is 13.8 Å². The van der Waals surface area contributed by atoms with Crippen LogP contribution in [0.3, 0.4) is 0 Å². The highest BCUT2D eigenvalue weighted by atomic mass is 16.5. The first-order valence-electron chi connectivity index (χ1n) is 5.46. The first-order chi connectivity index (χ1) is 8.06. The quantitative estimate of drug-likeness (QED) is 0.775. The maximum Gasteiger partial charge on any atom is 0.150 e. The van der Waals surface area contributed by atoms with E-state index in [-0.39, 0.29) is 0 Å². The molecule has 3 heteroatoms. The van der Waals surface area contributed by atoms with Crippen molar-refractivity contribution in [1.82, 2.24) is 0 Å². The number of hydrogen-bond acceptors (Lipinski definition) is 3. The molecule has 0 aliphatic heterocycles. The Labute approximate surface area is 101 Å². The second-order valence-electron chi connectivity index (χ2n) is 4.15. The molecule has 0 heterocycles. The minimum absolute atomic E-state index is 0.545. The fraction of sp³-hybridized carbons (Fsp3) is 0.143. The van der Waals surface area contributed by atoms with Crippen LogP contribution >= 0.6 is 0 Å². The Balaban J connectivity index is 2.28. The molecule has 2 aromatic carbocycles. The van der Waals surface area contributed by atoms with Crippen LogP contribution < -0.4 is 16.2 Å². The molecule has 2 rings (SSSR count). The molecule has 0 saturated heterocycles. The minimum Gasteiger partial charge on any atom is -0.455 e. The number of anilines is 2. The first kappa shape index (κ1) is 11.3. The summed E-state index contributed by atoms with van der Waals surface area (Å²) in [6.07, 6.45) is 0. The third kappa shape index (κ3) is 2.50. The average molecular weight is 228 g/mol. The van der Waals surface area contributed by atoms with Crippen LogP contribution in [0.5, 0.6) is 11.5 Å². The van der Waals surface area contributed by atoms with Gasteiger partial charge in [0.15, 0.2) is 0 Å². The van der Waals surface area contributed by atoms with Crippen LogP contribution in [0.1, 0.15) is 11.1 Å². The lowest BCUT2D eigenvalue weighted by atomic mass is 10.1. The molecule has 0 amide bonds. The molecule has 0 aromatic heterocycles. The molecule has 0 spiro atoms. The molecule has 0 saturated carbocycles. The molecule has 88 valence electrons. The van der Waals surface area contributed by atoms with E-state index in [1.807, 2.05) is 18.2 Å². The van der Waals surface area contributed by atoms with Crippen molar-refractivity contribution in [1.29, 1.82) is 0 Å². The molecule has 0 unspecified atom stereocenters. The molecule has 0 fully saturated rings. The van der Waals surface area contributed by atoms with E-state index >= 15 is 0 Å². The summed E-state index contributed by atoms with van der Waals surface area (Å²) in [5.74, 6) is 1.41. The Bertz CT molecular complexity index is 550. The maximum atomic E-state index is 5.83. The highest BCUT2D eigenvalue weighted by Crippen LogP contribution is 2.29. The SMILES string of the molecule is Cc1ccc(Oc2ccc(N)cc2N)cc1C. The molecule has 0 radical (unpaired) electrons. The van der Waals surface area contributed by atoms with Crippen molar-refractivity contribution in [2.24, 2.45) is 0 Å². The van der Waals surface area contributed by atoms with Gasteiger partial charge < -0.3 is 16.2 Å². The smallest absolute Gasteiger partial charge is 0.150 e. The first-order valence-corrected chi connectivity index (χ1v) is 5.46. The molecule has 4 N–H and O–H groups in total. The normalized spacial score (nSPS) is 10.2. The summed E-state index contributed by atoms with van der Waals surface area (Å²) in [4.78, 5) is 0. The van der Waals surface area contributed by atoms with Crippen molar-refractivity contribution in [2.75, 3.05) is 11.5 Å². The Morgan fingerprint density at radius 1 is 0.882 bits per heavy atom. The van der Waals surface area contributed by atoms with Crippen LogP contribution in [0.15, 0.2) is 36.4 Å². The summed E-state index contributed by atoms with van der Waals surface area (Å²) in [5, 5.41) is 0. The summed E-state index contributed by atoms with van der Waals surface area (Å²) in [6, 6.07) is 11.2. The maximum absolute atomic E-state index is 5.83. The van der Waals surface area contributed by atoms with Crippen LogP contribution in [-0.2, 0) is 0 Å². The van der Waals surface area contributed by atoms with Gasteiger partial charge in [-0.05, 0) is 55.3 Å². The fourth-order valence-electron chi connectivity index (χ4n) is 1.56. The highest BCUT2D eigenvalue weighted by Gasteiger charge is 2.03. The monoisotopic (exact) mass is 228 g/mol. The Hall–Kier alpha value is -2.16. The summed E-state index contributed by atoms with van der Waals surface area (Å²) in [5.41, 5.74) is 15.1. The fourth-order valence-corrected chi connectivity index (χ4v) is 1.56. The zero-order chi connectivity index (χ0) is 12.4. The van der Waals surface area contributed by atoms with Crippen molar-refractivity contribution < 1.29 is 4.74 Å². The number of ether oxygens (including phenoxy) is 1. The van der Waals surface area contributed by atoms with E-state index in [1.54, 1.807) is 18.2 Å². The number of nitrogens with two attached hydrogens (primary N) is 2. The molecule has 17 heavy (non-hydrogen) atoms. The largest absolute Gasteiger partial charge is 0.455 e. The average Bonchev–Trinajstić information content (AvgIpc) is 2.27. The Morgan fingerprint density at radius 3 is 2.29 bits per heavy atom. The standard InChI is InChI=1S/C14H16N2O/c1-9-3-5-12(7-10(9)2)17-14-6-4-11(15)8-13(14)16/h3-8H,15-16H2,1-2H3. The zero-order valence-electron chi connectivity index (χ0n) is 10.0. The lowest BCUT2D eigenvalue weighted by Crippen LogP contribution is -1.94. The van der Waals surface area contributed by atoms with Crippen molar-refractivity contribution >= 4 is 11.4 Å². The predicted octanol–water partition coefficient (Wildman–Crippen LogP) is 3.26. The van der Waals surface area contributed by atoms with Crippen molar-refractivity contribution in [3.63, 3.8) is 0 Å². The Morgan fingerprint density at radius 2 is 1.65 bits per heavy atom. The van der Waals surface area contributed by atoms with Gasteiger partial charge in [0.1, 0.15) is 11.5 Å². The van der Waals surface area contributed by atoms with Crippen LogP contribution in [-0.4, -0.2) is 0 Å². The summed E-state index contributed by atoms with van der Waals surface area (Å²) >= 11 is 0. The van der Waals surface area contributed by atoms with E-state index in [9.17, 15) is 0 Å². The van der Waals surface area contributed by atoms with Gasteiger partial charge in [0.05, 0.1) is 5.69 Å². The van der Waals surface area contributed by atoms with Crippen molar-refractivity contribution in [2.45, 2.75) is 13.8 Å². The summed E-state index contributed by atoms with van der Waals surface area (Å²) in [7, 11) is 0. The van der Waals surface area contributed by atoms with E-state index in [0.717, 1.165) is 5.75 Å². The van der Waals surface area contributed by atoms with Crippen LogP contribution in [0.25, 0.3) is 0 Å². The second-order valence-corrected chi connectivity index (χ2v) is 4.15. The highest BCUT2D eigenvalue weighted by molar-refractivity contribution is 5.61. The van der Waals surface area contributed by atoms with Gasteiger partial charge >= 0.3 is 0 Å². The van der Waals surface area contributed by atoms with Gasteiger partial charge in [0.2, 0.25) is 0 Å². The number of aryl methyl sites for hydroxylation is 2. The van der Waals surface area contributed by atoms with Gasteiger partial charge in [-0.2, -0.15) is 0 Å².